The van der Waals surface area contributed by atoms with Gasteiger partial charge in [-0.05, 0) is 49.4 Å². The summed E-state index contributed by atoms with van der Waals surface area (Å²) < 4.78 is 46.2. The first-order valence-corrected chi connectivity index (χ1v) is 10.3. The molecule has 0 saturated heterocycles. The molecule has 0 amide bonds. The quantitative estimate of drug-likeness (QED) is 0.323. The first-order chi connectivity index (χ1) is 16.3. The fourth-order valence-corrected chi connectivity index (χ4v) is 3.51. The van der Waals surface area contributed by atoms with Crippen molar-refractivity contribution in [2.24, 2.45) is 7.05 Å². The van der Waals surface area contributed by atoms with Crippen molar-refractivity contribution in [3.05, 3.63) is 78.2 Å². The average Bonchev–Trinajstić information content (AvgIpc) is 3.37. The van der Waals surface area contributed by atoms with Crippen LogP contribution in [0, 0.1) is 6.92 Å². The lowest BCUT2D eigenvalue weighted by Gasteiger charge is -2.09. The van der Waals surface area contributed by atoms with Crippen LogP contribution in [-0.2, 0) is 13.2 Å². The smallest absolute Gasteiger partial charge is 0.416 e. The molecule has 172 valence electrons. The minimum Gasteiger partial charge on any atom is -0.457 e. The van der Waals surface area contributed by atoms with E-state index in [2.05, 4.69) is 25.3 Å². The Kier molecular flexibility index (Phi) is 5.20. The Morgan fingerprint density at radius 1 is 0.971 bits per heavy atom. The molecule has 0 atom stereocenters. The van der Waals surface area contributed by atoms with Crippen molar-refractivity contribution in [3.63, 3.8) is 0 Å². The van der Waals surface area contributed by atoms with Crippen LogP contribution in [0.4, 0.5) is 24.8 Å². The number of anilines is 2. The highest BCUT2D eigenvalue weighted by atomic mass is 19.4. The van der Waals surface area contributed by atoms with E-state index in [1.54, 1.807) is 30.6 Å². The zero-order chi connectivity index (χ0) is 23.9. The minimum absolute atomic E-state index is 0.492. The van der Waals surface area contributed by atoms with Crippen molar-refractivity contribution in [1.29, 1.82) is 0 Å². The molecule has 0 bridgehead atoms. The maximum Gasteiger partial charge on any atom is 0.416 e. The lowest BCUT2D eigenvalue weighted by Crippen LogP contribution is -2.05. The fourth-order valence-electron chi connectivity index (χ4n) is 3.51. The third-order valence-corrected chi connectivity index (χ3v) is 5.23. The number of rotatable bonds is 5. The molecule has 0 aliphatic heterocycles. The number of hydrogen-bond acceptors (Lipinski definition) is 5. The largest absolute Gasteiger partial charge is 0.457 e. The van der Waals surface area contributed by atoms with Gasteiger partial charge in [0.2, 0.25) is 5.95 Å². The van der Waals surface area contributed by atoms with E-state index in [0.29, 0.717) is 40.2 Å². The van der Waals surface area contributed by atoms with Crippen molar-refractivity contribution >= 4 is 22.7 Å². The summed E-state index contributed by atoms with van der Waals surface area (Å²) in [6, 6.07) is 13.8. The first-order valence-electron chi connectivity index (χ1n) is 10.3. The molecule has 3 aromatic heterocycles. The van der Waals surface area contributed by atoms with E-state index in [-0.39, 0.29) is 0 Å². The fraction of sp³-hybridized carbons (Fsp3) is 0.125. The number of imidazole rings is 2. The summed E-state index contributed by atoms with van der Waals surface area (Å²) in [6.07, 6.45) is -0.997. The summed E-state index contributed by atoms with van der Waals surface area (Å²) in [5.41, 5.74) is 2.90. The number of ether oxygens (including phenoxy) is 1. The number of halogens is 3. The highest BCUT2D eigenvalue weighted by Crippen LogP contribution is 2.32. The van der Waals surface area contributed by atoms with Crippen molar-refractivity contribution in [1.82, 2.24) is 24.5 Å². The normalized spacial score (nSPS) is 11.7. The van der Waals surface area contributed by atoms with E-state index >= 15 is 0 Å². The molecule has 34 heavy (non-hydrogen) atoms. The first kappa shape index (κ1) is 21.5. The Balaban J connectivity index is 1.37. The van der Waals surface area contributed by atoms with Gasteiger partial charge in [0.25, 0.3) is 0 Å². The predicted molar refractivity (Wildman–Crippen MR) is 122 cm³/mol. The Morgan fingerprint density at radius 2 is 1.74 bits per heavy atom. The summed E-state index contributed by atoms with van der Waals surface area (Å²) in [4.78, 5) is 16.3. The molecule has 2 N–H and O–H groups in total. The van der Waals surface area contributed by atoms with Gasteiger partial charge < -0.3 is 19.6 Å². The molecule has 7 nitrogen and oxygen atoms in total. The molecule has 0 aliphatic rings. The number of aryl methyl sites for hydroxylation is 2. The molecular formula is C24H19F3N6O. The lowest BCUT2D eigenvalue weighted by molar-refractivity contribution is -0.137. The Bertz CT molecular complexity index is 1470. The number of nitrogens with one attached hydrogen (secondary N) is 2. The molecule has 0 aliphatic carbocycles. The van der Waals surface area contributed by atoms with Crippen molar-refractivity contribution < 1.29 is 17.9 Å². The number of nitrogens with zero attached hydrogens (tertiary/aromatic N) is 4. The van der Waals surface area contributed by atoms with Gasteiger partial charge in [-0.3, -0.25) is 4.98 Å². The molecule has 0 radical (unpaired) electrons. The molecule has 0 spiro atoms. The maximum atomic E-state index is 12.8. The second kappa shape index (κ2) is 8.22. The van der Waals surface area contributed by atoms with Crippen LogP contribution >= 0.6 is 0 Å². The molecule has 5 rings (SSSR count). The molecule has 0 saturated carbocycles. The van der Waals surface area contributed by atoms with Gasteiger partial charge in [0.15, 0.2) is 5.82 Å². The van der Waals surface area contributed by atoms with E-state index in [9.17, 15) is 13.2 Å². The zero-order valence-electron chi connectivity index (χ0n) is 18.2. The summed E-state index contributed by atoms with van der Waals surface area (Å²) in [5, 5.41) is 3.06. The van der Waals surface area contributed by atoms with Crippen LogP contribution in [0.2, 0.25) is 0 Å². The van der Waals surface area contributed by atoms with Gasteiger partial charge in [0, 0.05) is 43.0 Å². The summed E-state index contributed by atoms with van der Waals surface area (Å²) in [6.45, 7) is 1.92. The second-order valence-electron chi connectivity index (χ2n) is 7.74. The van der Waals surface area contributed by atoms with Crippen LogP contribution in [0.25, 0.3) is 22.6 Å². The highest BCUT2D eigenvalue weighted by molar-refractivity contribution is 5.81. The summed E-state index contributed by atoms with van der Waals surface area (Å²) in [5.74, 6) is 2.32. The number of aromatic amines is 1. The average molecular weight is 464 g/mol. The van der Waals surface area contributed by atoms with Crippen LogP contribution in [-0.4, -0.2) is 24.5 Å². The van der Waals surface area contributed by atoms with E-state index in [4.69, 9.17) is 4.74 Å². The van der Waals surface area contributed by atoms with E-state index < -0.39 is 11.7 Å². The third-order valence-electron chi connectivity index (χ3n) is 5.23. The van der Waals surface area contributed by atoms with Gasteiger partial charge in [-0.1, -0.05) is 0 Å². The Hall–Kier alpha value is -4.34. The van der Waals surface area contributed by atoms with Gasteiger partial charge >= 0.3 is 6.18 Å². The van der Waals surface area contributed by atoms with Crippen LogP contribution in [0.1, 0.15) is 11.3 Å². The number of pyridine rings is 1. The van der Waals surface area contributed by atoms with Crippen LogP contribution in [0.5, 0.6) is 11.5 Å². The Morgan fingerprint density at radius 3 is 2.44 bits per heavy atom. The minimum atomic E-state index is -4.38. The molecule has 5 aromatic rings. The number of H-pyrrole nitrogens is 1. The SMILES string of the molecule is Cc1cnc(-c2cc(Oc3ccc4c(c3)nc(Nc3ccc(C(F)(F)F)cc3)n4C)ccn2)[nH]1. The van der Waals surface area contributed by atoms with E-state index in [1.165, 1.54) is 12.1 Å². The summed E-state index contributed by atoms with van der Waals surface area (Å²) >= 11 is 0. The van der Waals surface area contributed by atoms with E-state index in [0.717, 1.165) is 23.3 Å². The van der Waals surface area contributed by atoms with Gasteiger partial charge in [0.1, 0.15) is 17.2 Å². The number of fused-ring (bicyclic) bond motifs is 1. The van der Waals surface area contributed by atoms with Crippen molar-refractivity contribution in [2.45, 2.75) is 13.1 Å². The Labute approximate surface area is 192 Å². The monoisotopic (exact) mass is 464 g/mol. The van der Waals surface area contributed by atoms with Crippen LogP contribution in [0.15, 0.2) is 67.0 Å². The van der Waals surface area contributed by atoms with Gasteiger partial charge in [-0.2, -0.15) is 13.2 Å². The van der Waals surface area contributed by atoms with Gasteiger partial charge in [-0.25, -0.2) is 9.97 Å². The molecule has 0 unspecified atom stereocenters. The lowest BCUT2D eigenvalue weighted by atomic mass is 10.2. The predicted octanol–water partition coefficient (Wildman–Crippen LogP) is 6.22. The maximum absolute atomic E-state index is 12.8. The highest BCUT2D eigenvalue weighted by Gasteiger charge is 2.30. The van der Waals surface area contributed by atoms with Crippen LogP contribution in [0.3, 0.4) is 0 Å². The topological polar surface area (TPSA) is 80.7 Å². The molecule has 0 fully saturated rings. The number of hydrogen-bond donors (Lipinski definition) is 2. The summed E-state index contributed by atoms with van der Waals surface area (Å²) in [7, 11) is 1.82. The second-order valence-corrected chi connectivity index (χ2v) is 7.74. The molecule has 2 aromatic carbocycles. The van der Waals surface area contributed by atoms with Crippen molar-refractivity contribution in [3.8, 4) is 23.0 Å². The van der Waals surface area contributed by atoms with Gasteiger partial charge in [0.05, 0.1) is 16.6 Å². The zero-order valence-corrected chi connectivity index (χ0v) is 18.2. The van der Waals surface area contributed by atoms with Crippen LogP contribution < -0.4 is 10.1 Å². The third kappa shape index (κ3) is 4.29. The van der Waals surface area contributed by atoms with Crippen molar-refractivity contribution in [2.75, 3.05) is 5.32 Å². The number of alkyl halides is 3. The van der Waals surface area contributed by atoms with E-state index in [1.807, 2.05) is 30.7 Å². The number of aromatic nitrogens is 5. The molecule has 3 heterocycles. The number of benzene rings is 2. The van der Waals surface area contributed by atoms with Gasteiger partial charge in [-0.15, -0.1) is 0 Å². The standard InChI is InChI=1S/C24H19F3N6O/c1-14-13-29-22(30-14)20-12-18(9-10-28-20)34-17-7-8-21-19(11-17)32-23(33(21)2)31-16-5-3-15(4-6-16)24(25,26)27/h3-13H,1-2H3,(H,29,30)(H,31,32). The molecule has 10 heteroatoms. The molecular weight excluding hydrogens is 445 g/mol.